The van der Waals surface area contributed by atoms with Crippen molar-refractivity contribution < 1.29 is 9.18 Å². The number of carbonyl (C=O) groups excluding carboxylic acids is 1. The Labute approximate surface area is 121 Å². The number of nitrogens with one attached hydrogen (secondary N) is 1. The van der Waals surface area contributed by atoms with Crippen molar-refractivity contribution in [2.45, 2.75) is 32.2 Å². The van der Waals surface area contributed by atoms with Gasteiger partial charge in [-0.25, -0.2) is 9.37 Å². The summed E-state index contributed by atoms with van der Waals surface area (Å²) in [6.07, 6.45) is 5.23. The number of rotatable bonds is 2. The second-order valence-electron chi connectivity index (χ2n) is 5.18. The average Bonchev–Trinajstić information content (AvgIpc) is 2.93. The second kappa shape index (κ2) is 5.59. The van der Waals surface area contributed by atoms with E-state index in [1.54, 1.807) is 4.90 Å². The van der Waals surface area contributed by atoms with Gasteiger partial charge in [0, 0.05) is 12.7 Å². The van der Waals surface area contributed by atoms with E-state index in [-0.39, 0.29) is 17.5 Å². The molecule has 1 aliphatic rings. The summed E-state index contributed by atoms with van der Waals surface area (Å²) in [5, 5.41) is 6.97. The molecule has 3 rings (SSSR count). The van der Waals surface area contributed by atoms with Gasteiger partial charge in [0.1, 0.15) is 11.6 Å². The lowest BCUT2D eigenvalue weighted by Gasteiger charge is -2.34. The van der Waals surface area contributed by atoms with Crippen molar-refractivity contribution in [2.75, 3.05) is 6.54 Å². The van der Waals surface area contributed by atoms with Gasteiger partial charge >= 0.3 is 0 Å². The van der Waals surface area contributed by atoms with Crippen molar-refractivity contribution in [2.24, 2.45) is 0 Å². The van der Waals surface area contributed by atoms with E-state index < -0.39 is 5.82 Å². The van der Waals surface area contributed by atoms with Crippen LogP contribution >= 0.6 is 0 Å². The van der Waals surface area contributed by atoms with Crippen LogP contribution in [0.3, 0.4) is 0 Å². The van der Waals surface area contributed by atoms with Crippen LogP contribution in [0.25, 0.3) is 0 Å². The van der Waals surface area contributed by atoms with Gasteiger partial charge in [0.15, 0.2) is 5.82 Å². The summed E-state index contributed by atoms with van der Waals surface area (Å²) >= 11 is 0. The lowest BCUT2D eigenvalue weighted by molar-refractivity contribution is 0.0599. The number of amides is 1. The molecule has 1 atom stereocenters. The van der Waals surface area contributed by atoms with Gasteiger partial charge in [0.05, 0.1) is 17.8 Å². The summed E-state index contributed by atoms with van der Waals surface area (Å²) in [4.78, 5) is 22.4. The Hall–Kier alpha value is -2.31. The molecule has 0 bridgehead atoms. The monoisotopic (exact) mass is 289 g/mol. The quantitative estimate of drug-likeness (QED) is 0.917. The number of hydrogen-bond donors (Lipinski definition) is 1. The van der Waals surface area contributed by atoms with Crippen molar-refractivity contribution in [3.63, 3.8) is 0 Å². The lowest BCUT2D eigenvalue weighted by atomic mass is 10.0. The van der Waals surface area contributed by atoms with E-state index in [2.05, 4.69) is 20.2 Å². The molecule has 0 aromatic carbocycles. The van der Waals surface area contributed by atoms with Crippen LogP contribution in [0.2, 0.25) is 0 Å². The highest BCUT2D eigenvalue weighted by molar-refractivity contribution is 5.94. The summed E-state index contributed by atoms with van der Waals surface area (Å²) in [5.41, 5.74) is 0.258. The Bertz CT molecular complexity index is 656. The minimum Gasteiger partial charge on any atom is -0.328 e. The van der Waals surface area contributed by atoms with Gasteiger partial charge in [-0.3, -0.25) is 14.9 Å². The Morgan fingerprint density at radius 3 is 3.00 bits per heavy atom. The highest BCUT2D eigenvalue weighted by Gasteiger charge is 2.31. The van der Waals surface area contributed by atoms with Crippen molar-refractivity contribution in [1.82, 2.24) is 25.1 Å². The topological polar surface area (TPSA) is 74.8 Å². The normalized spacial score (nSPS) is 18.8. The van der Waals surface area contributed by atoms with E-state index in [9.17, 15) is 9.18 Å². The molecule has 7 heteroatoms. The largest absolute Gasteiger partial charge is 0.328 e. The van der Waals surface area contributed by atoms with Crippen molar-refractivity contribution in [1.29, 1.82) is 0 Å². The van der Waals surface area contributed by atoms with Gasteiger partial charge in [-0.1, -0.05) is 0 Å². The van der Waals surface area contributed by atoms with Crippen LogP contribution in [0, 0.1) is 12.7 Å². The summed E-state index contributed by atoms with van der Waals surface area (Å²) in [7, 11) is 0. The number of piperidine rings is 1. The molecule has 0 radical (unpaired) electrons. The first kappa shape index (κ1) is 13.7. The van der Waals surface area contributed by atoms with Gasteiger partial charge in [0.2, 0.25) is 0 Å². The number of H-pyrrole nitrogens is 1. The molecule has 0 aliphatic carbocycles. The molecule has 1 aliphatic heterocycles. The third kappa shape index (κ3) is 2.76. The van der Waals surface area contributed by atoms with Gasteiger partial charge in [-0.15, -0.1) is 0 Å². The average molecular weight is 289 g/mol. The second-order valence-corrected chi connectivity index (χ2v) is 5.18. The molecule has 110 valence electrons. The first-order valence-electron chi connectivity index (χ1n) is 6.95. The van der Waals surface area contributed by atoms with Crippen LogP contribution in [-0.4, -0.2) is 37.5 Å². The van der Waals surface area contributed by atoms with E-state index in [4.69, 9.17) is 0 Å². The molecule has 1 unspecified atom stereocenters. The number of aromatic nitrogens is 4. The molecular formula is C14H16FN5O. The minimum absolute atomic E-state index is 0.167. The Morgan fingerprint density at radius 2 is 2.29 bits per heavy atom. The Balaban J connectivity index is 1.89. The van der Waals surface area contributed by atoms with Crippen molar-refractivity contribution >= 4 is 5.91 Å². The summed E-state index contributed by atoms with van der Waals surface area (Å²) < 4.78 is 13.3. The fourth-order valence-corrected chi connectivity index (χ4v) is 2.65. The van der Waals surface area contributed by atoms with Crippen LogP contribution in [0.4, 0.5) is 4.39 Å². The van der Waals surface area contributed by atoms with E-state index in [1.165, 1.54) is 12.3 Å². The maximum atomic E-state index is 13.3. The van der Waals surface area contributed by atoms with Gasteiger partial charge in [-0.05, 0) is 32.3 Å². The molecule has 6 nitrogen and oxygen atoms in total. The van der Waals surface area contributed by atoms with Crippen molar-refractivity contribution in [3.8, 4) is 0 Å². The molecular weight excluding hydrogens is 273 g/mol. The fraction of sp³-hybridized carbons (Fsp3) is 0.429. The molecule has 1 amide bonds. The SMILES string of the molecule is Cc1nc(C2CCCCN2C(=O)c2cncc(F)c2)n[nH]1. The molecule has 21 heavy (non-hydrogen) atoms. The number of aromatic amines is 1. The standard InChI is InChI=1S/C14H16FN5O/c1-9-17-13(19-18-9)12-4-2-3-5-20(12)14(21)10-6-11(15)8-16-7-10/h6-8,12H,2-5H2,1H3,(H,17,18,19). The molecule has 0 spiro atoms. The number of likely N-dealkylation sites (tertiary alicyclic amines) is 1. The predicted molar refractivity (Wildman–Crippen MR) is 72.9 cm³/mol. The Morgan fingerprint density at radius 1 is 1.43 bits per heavy atom. The zero-order valence-corrected chi connectivity index (χ0v) is 11.7. The molecule has 1 saturated heterocycles. The number of carbonyl (C=O) groups is 1. The van der Waals surface area contributed by atoms with Crippen molar-refractivity contribution in [3.05, 3.63) is 41.5 Å². The molecule has 2 aromatic rings. The molecule has 2 aromatic heterocycles. The Kier molecular flexibility index (Phi) is 3.64. The van der Waals surface area contributed by atoms with E-state index in [0.717, 1.165) is 31.3 Å². The smallest absolute Gasteiger partial charge is 0.256 e. The van der Waals surface area contributed by atoms with Gasteiger partial charge in [-0.2, -0.15) is 5.10 Å². The van der Waals surface area contributed by atoms with Gasteiger partial charge < -0.3 is 4.90 Å². The molecule has 1 fully saturated rings. The van der Waals surface area contributed by atoms with E-state index in [0.29, 0.717) is 12.4 Å². The van der Waals surface area contributed by atoms with Crippen LogP contribution in [-0.2, 0) is 0 Å². The van der Waals surface area contributed by atoms with Crippen LogP contribution in [0.1, 0.15) is 47.3 Å². The zero-order chi connectivity index (χ0) is 14.8. The molecule has 3 heterocycles. The zero-order valence-electron chi connectivity index (χ0n) is 11.7. The number of nitrogens with zero attached hydrogens (tertiary/aromatic N) is 4. The summed E-state index contributed by atoms with van der Waals surface area (Å²) in [6, 6.07) is 1.05. The maximum Gasteiger partial charge on any atom is 0.256 e. The third-order valence-electron chi connectivity index (χ3n) is 3.63. The number of pyridine rings is 1. The molecule has 1 N–H and O–H groups in total. The van der Waals surface area contributed by atoms with Crippen LogP contribution in [0.15, 0.2) is 18.5 Å². The summed E-state index contributed by atoms with van der Waals surface area (Å²) in [5.74, 6) is 0.595. The maximum absolute atomic E-state index is 13.3. The molecule has 0 saturated carbocycles. The van der Waals surface area contributed by atoms with Gasteiger partial charge in [0.25, 0.3) is 5.91 Å². The number of aryl methyl sites for hydroxylation is 1. The summed E-state index contributed by atoms with van der Waals surface area (Å²) in [6.45, 7) is 2.44. The highest BCUT2D eigenvalue weighted by atomic mass is 19.1. The van der Waals surface area contributed by atoms with E-state index in [1.807, 2.05) is 6.92 Å². The first-order valence-corrected chi connectivity index (χ1v) is 6.95. The van der Waals surface area contributed by atoms with E-state index >= 15 is 0 Å². The third-order valence-corrected chi connectivity index (χ3v) is 3.63. The highest BCUT2D eigenvalue weighted by Crippen LogP contribution is 2.30. The fourth-order valence-electron chi connectivity index (χ4n) is 2.65. The minimum atomic E-state index is -0.511. The first-order chi connectivity index (χ1) is 10.1. The number of halogens is 1. The number of hydrogen-bond acceptors (Lipinski definition) is 4. The predicted octanol–water partition coefficient (Wildman–Crippen LogP) is 2.01. The van der Waals surface area contributed by atoms with Crippen LogP contribution < -0.4 is 0 Å². The lowest BCUT2D eigenvalue weighted by Crippen LogP contribution is -2.39. The van der Waals surface area contributed by atoms with Crippen LogP contribution in [0.5, 0.6) is 0 Å².